The van der Waals surface area contributed by atoms with E-state index in [0.717, 1.165) is 5.56 Å². The Kier molecular flexibility index (Phi) is 6.09. The van der Waals surface area contributed by atoms with Crippen molar-refractivity contribution >= 4 is 23.2 Å². The highest BCUT2D eigenvalue weighted by Crippen LogP contribution is 2.15. The highest BCUT2D eigenvalue weighted by atomic mass is 16.5. The standard InChI is InChI=1S/C22H21N3O4/c1-14(24-25-22(27)20-12-13-29-15(20)2)16-4-8-18(9-5-16)23-21(26)17-6-10-19(28-3)11-7-17/h4-13H,1-3H3,(H,23,26)(H,25,27)/b24-14-. The molecule has 2 aromatic carbocycles. The first-order valence-corrected chi connectivity index (χ1v) is 8.92. The molecule has 0 saturated heterocycles. The van der Waals surface area contributed by atoms with Crippen molar-refractivity contribution in [2.75, 3.05) is 12.4 Å². The molecule has 3 rings (SSSR count). The number of carbonyl (C=O) groups is 2. The number of benzene rings is 2. The molecule has 29 heavy (non-hydrogen) atoms. The highest BCUT2D eigenvalue weighted by Gasteiger charge is 2.11. The zero-order valence-corrected chi connectivity index (χ0v) is 16.4. The van der Waals surface area contributed by atoms with Gasteiger partial charge < -0.3 is 14.5 Å². The van der Waals surface area contributed by atoms with Gasteiger partial charge in [0.15, 0.2) is 0 Å². The van der Waals surface area contributed by atoms with Gasteiger partial charge in [-0.25, -0.2) is 5.43 Å². The number of hydrogen-bond acceptors (Lipinski definition) is 5. The second-order valence-corrected chi connectivity index (χ2v) is 6.29. The molecule has 148 valence electrons. The fourth-order valence-corrected chi connectivity index (χ4v) is 2.62. The van der Waals surface area contributed by atoms with Gasteiger partial charge in [-0.2, -0.15) is 5.10 Å². The summed E-state index contributed by atoms with van der Waals surface area (Å²) in [6, 6.07) is 15.6. The summed E-state index contributed by atoms with van der Waals surface area (Å²) in [6.45, 7) is 3.50. The van der Waals surface area contributed by atoms with Gasteiger partial charge in [0.25, 0.3) is 11.8 Å². The first-order chi connectivity index (χ1) is 14.0. The number of carbonyl (C=O) groups excluding carboxylic acids is 2. The van der Waals surface area contributed by atoms with Crippen LogP contribution in [-0.4, -0.2) is 24.6 Å². The summed E-state index contributed by atoms with van der Waals surface area (Å²) in [6.07, 6.45) is 1.46. The van der Waals surface area contributed by atoms with Crippen molar-refractivity contribution in [1.82, 2.24) is 5.43 Å². The lowest BCUT2D eigenvalue weighted by Crippen LogP contribution is -2.19. The molecule has 0 bridgehead atoms. The maximum absolute atomic E-state index is 12.3. The van der Waals surface area contributed by atoms with Gasteiger partial charge in [-0.15, -0.1) is 0 Å². The third kappa shape index (κ3) is 4.90. The van der Waals surface area contributed by atoms with Crippen LogP contribution in [0, 0.1) is 6.92 Å². The first kappa shape index (κ1) is 19.9. The second kappa shape index (κ2) is 8.88. The number of amides is 2. The van der Waals surface area contributed by atoms with E-state index in [2.05, 4.69) is 15.8 Å². The minimum absolute atomic E-state index is 0.214. The van der Waals surface area contributed by atoms with Crippen molar-refractivity contribution in [3.05, 3.63) is 83.3 Å². The lowest BCUT2D eigenvalue weighted by molar-refractivity contribution is 0.0952. The summed E-state index contributed by atoms with van der Waals surface area (Å²) in [4.78, 5) is 24.4. The minimum Gasteiger partial charge on any atom is -0.497 e. The van der Waals surface area contributed by atoms with E-state index in [4.69, 9.17) is 9.15 Å². The molecular weight excluding hydrogens is 370 g/mol. The Bertz CT molecular complexity index is 1030. The lowest BCUT2D eigenvalue weighted by Gasteiger charge is -2.08. The number of furan rings is 1. The maximum Gasteiger partial charge on any atom is 0.274 e. The number of rotatable bonds is 6. The van der Waals surface area contributed by atoms with Crippen LogP contribution in [0.1, 0.15) is 39.0 Å². The third-order valence-electron chi connectivity index (χ3n) is 4.34. The smallest absolute Gasteiger partial charge is 0.274 e. The Morgan fingerprint density at radius 1 is 0.931 bits per heavy atom. The van der Waals surface area contributed by atoms with Crippen molar-refractivity contribution in [3.63, 3.8) is 0 Å². The van der Waals surface area contributed by atoms with Crippen LogP contribution < -0.4 is 15.5 Å². The van der Waals surface area contributed by atoms with E-state index in [-0.39, 0.29) is 11.8 Å². The number of aryl methyl sites for hydroxylation is 1. The van der Waals surface area contributed by atoms with E-state index in [0.29, 0.717) is 34.0 Å². The lowest BCUT2D eigenvalue weighted by atomic mass is 10.1. The van der Waals surface area contributed by atoms with E-state index < -0.39 is 0 Å². The topological polar surface area (TPSA) is 92.9 Å². The van der Waals surface area contributed by atoms with E-state index in [1.54, 1.807) is 63.4 Å². The number of ether oxygens (including phenoxy) is 1. The van der Waals surface area contributed by atoms with Crippen LogP contribution in [0.4, 0.5) is 5.69 Å². The average Bonchev–Trinajstić information content (AvgIpc) is 3.18. The van der Waals surface area contributed by atoms with Gasteiger partial charge in [-0.05, 0) is 61.9 Å². The molecule has 0 atom stereocenters. The molecule has 0 radical (unpaired) electrons. The summed E-state index contributed by atoms with van der Waals surface area (Å²) >= 11 is 0. The number of anilines is 1. The Hall–Kier alpha value is -3.87. The molecular formula is C22H21N3O4. The monoisotopic (exact) mass is 391 g/mol. The maximum atomic E-state index is 12.3. The number of hydrazone groups is 1. The predicted octanol–water partition coefficient (Wildman–Crippen LogP) is 4.00. The molecule has 0 spiro atoms. The predicted molar refractivity (Wildman–Crippen MR) is 111 cm³/mol. The Balaban J connectivity index is 1.62. The quantitative estimate of drug-likeness (QED) is 0.491. The van der Waals surface area contributed by atoms with Crippen LogP contribution in [0.2, 0.25) is 0 Å². The molecule has 3 aromatic rings. The first-order valence-electron chi connectivity index (χ1n) is 8.92. The Morgan fingerprint density at radius 3 is 2.17 bits per heavy atom. The molecule has 7 nitrogen and oxygen atoms in total. The summed E-state index contributed by atoms with van der Waals surface area (Å²) in [5.41, 5.74) is 5.59. The zero-order chi connectivity index (χ0) is 20.8. The second-order valence-electron chi connectivity index (χ2n) is 6.29. The highest BCUT2D eigenvalue weighted by molar-refractivity contribution is 6.05. The molecule has 2 amide bonds. The van der Waals surface area contributed by atoms with Gasteiger partial charge in [0.2, 0.25) is 0 Å². The molecule has 0 aliphatic rings. The van der Waals surface area contributed by atoms with E-state index >= 15 is 0 Å². The van der Waals surface area contributed by atoms with Crippen molar-refractivity contribution in [1.29, 1.82) is 0 Å². The fourth-order valence-electron chi connectivity index (χ4n) is 2.62. The van der Waals surface area contributed by atoms with Gasteiger partial charge in [-0.1, -0.05) is 12.1 Å². The van der Waals surface area contributed by atoms with Crippen molar-refractivity contribution in [3.8, 4) is 5.75 Å². The van der Waals surface area contributed by atoms with Gasteiger partial charge in [0.05, 0.1) is 24.6 Å². The van der Waals surface area contributed by atoms with Crippen LogP contribution in [-0.2, 0) is 0 Å². The molecule has 0 unspecified atom stereocenters. The van der Waals surface area contributed by atoms with Crippen LogP contribution in [0.15, 0.2) is 70.4 Å². The number of hydrogen-bond donors (Lipinski definition) is 2. The summed E-state index contributed by atoms with van der Waals surface area (Å²) < 4.78 is 10.2. The van der Waals surface area contributed by atoms with Gasteiger partial charge in [0.1, 0.15) is 11.5 Å². The Morgan fingerprint density at radius 2 is 1.59 bits per heavy atom. The molecule has 1 aromatic heterocycles. The van der Waals surface area contributed by atoms with Crippen molar-refractivity contribution in [2.45, 2.75) is 13.8 Å². The molecule has 7 heteroatoms. The molecule has 2 N–H and O–H groups in total. The fraction of sp³-hybridized carbons (Fsp3) is 0.136. The number of nitrogens with one attached hydrogen (secondary N) is 2. The largest absolute Gasteiger partial charge is 0.497 e. The van der Waals surface area contributed by atoms with Gasteiger partial charge >= 0.3 is 0 Å². The molecule has 1 heterocycles. The van der Waals surface area contributed by atoms with Crippen LogP contribution in [0.5, 0.6) is 5.75 Å². The number of nitrogens with zero attached hydrogens (tertiary/aromatic N) is 1. The normalized spacial score (nSPS) is 11.1. The molecule has 0 saturated carbocycles. The average molecular weight is 391 g/mol. The molecule has 0 fully saturated rings. The Labute approximate surface area is 168 Å². The van der Waals surface area contributed by atoms with Crippen molar-refractivity contribution in [2.24, 2.45) is 5.10 Å². The SMILES string of the molecule is COc1ccc(C(=O)Nc2ccc(/C(C)=N\NC(=O)c3ccoc3C)cc2)cc1. The number of methoxy groups -OCH3 is 1. The van der Waals surface area contributed by atoms with Crippen molar-refractivity contribution < 1.29 is 18.7 Å². The van der Waals surface area contributed by atoms with Crippen LogP contribution in [0.25, 0.3) is 0 Å². The third-order valence-corrected chi connectivity index (χ3v) is 4.34. The zero-order valence-electron chi connectivity index (χ0n) is 16.4. The summed E-state index contributed by atoms with van der Waals surface area (Å²) in [5.74, 6) is 0.676. The van der Waals surface area contributed by atoms with E-state index in [1.165, 1.54) is 6.26 Å². The van der Waals surface area contributed by atoms with Gasteiger partial charge in [-0.3, -0.25) is 9.59 Å². The molecule has 0 aliphatic heterocycles. The van der Waals surface area contributed by atoms with Crippen LogP contribution in [0.3, 0.4) is 0 Å². The van der Waals surface area contributed by atoms with Crippen LogP contribution >= 0.6 is 0 Å². The van der Waals surface area contributed by atoms with E-state index in [9.17, 15) is 9.59 Å². The van der Waals surface area contributed by atoms with E-state index in [1.807, 2.05) is 12.1 Å². The molecule has 0 aliphatic carbocycles. The summed E-state index contributed by atoms with van der Waals surface area (Å²) in [7, 11) is 1.58. The van der Waals surface area contributed by atoms with Gasteiger partial charge in [0, 0.05) is 11.3 Å². The minimum atomic E-state index is -0.334. The summed E-state index contributed by atoms with van der Waals surface area (Å²) in [5, 5.41) is 6.96.